The molecule has 0 radical (unpaired) electrons. The number of hydrazine groups is 1. The van der Waals surface area contributed by atoms with E-state index in [9.17, 15) is 13.6 Å². The second-order valence-electron chi connectivity index (χ2n) is 6.69. The molecular formula is C20H21ClF2N2OS. The van der Waals surface area contributed by atoms with Gasteiger partial charge < -0.3 is 0 Å². The van der Waals surface area contributed by atoms with Crippen LogP contribution in [0.5, 0.6) is 0 Å². The first kappa shape index (κ1) is 20.1. The Balaban J connectivity index is 1.77. The van der Waals surface area contributed by atoms with Gasteiger partial charge in [0.25, 0.3) is 5.91 Å². The lowest BCUT2D eigenvalue weighted by Crippen LogP contribution is -2.35. The van der Waals surface area contributed by atoms with Crippen molar-refractivity contribution in [1.29, 1.82) is 0 Å². The standard InChI is InChI=1S/C20H21ClF2N2OS/c1-12-10-13(15-8-5-9-17(21)19(15)23)11-16(18(12)22)20(26)24-25-27-14-6-3-2-4-7-14/h5,8-11,14,25H,2-4,6-7H2,1H3,(H,24,26). The first-order valence-electron chi connectivity index (χ1n) is 8.93. The summed E-state index contributed by atoms with van der Waals surface area (Å²) in [6.45, 7) is 1.54. The van der Waals surface area contributed by atoms with Crippen molar-refractivity contribution in [3.05, 3.63) is 58.1 Å². The van der Waals surface area contributed by atoms with Crippen molar-refractivity contribution in [2.45, 2.75) is 44.3 Å². The number of amides is 1. The van der Waals surface area contributed by atoms with Crippen LogP contribution < -0.4 is 10.3 Å². The molecule has 0 spiro atoms. The second-order valence-corrected chi connectivity index (χ2v) is 8.20. The maximum atomic E-state index is 14.5. The molecule has 144 valence electrons. The number of halogens is 3. The van der Waals surface area contributed by atoms with Crippen LogP contribution in [-0.4, -0.2) is 11.2 Å². The molecule has 1 saturated carbocycles. The molecule has 0 aromatic heterocycles. The van der Waals surface area contributed by atoms with Crippen LogP contribution in [0.1, 0.15) is 48.0 Å². The maximum absolute atomic E-state index is 14.5. The number of carbonyl (C=O) groups excluding carboxylic acids is 1. The van der Waals surface area contributed by atoms with E-state index in [2.05, 4.69) is 10.3 Å². The van der Waals surface area contributed by atoms with Gasteiger partial charge in [-0.25, -0.2) is 8.78 Å². The third-order valence-corrected chi connectivity index (χ3v) is 6.02. The zero-order chi connectivity index (χ0) is 19.4. The molecule has 2 N–H and O–H groups in total. The minimum absolute atomic E-state index is 0.0222. The molecule has 0 atom stereocenters. The van der Waals surface area contributed by atoms with Gasteiger partial charge in [-0.1, -0.05) is 54.9 Å². The van der Waals surface area contributed by atoms with Gasteiger partial charge in [-0.3, -0.25) is 10.2 Å². The fourth-order valence-corrected chi connectivity index (χ4v) is 4.29. The average molecular weight is 411 g/mol. The molecule has 0 unspecified atom stereocenters. The lowest BCUT2D eigenvalue weighted by Gasteiger charge is -2.21. The number of hydrogen-bond acceptors (Lipinski definition) is 3. The SMILES string of the molecule is Cc1cc(-c2cccc(Cl)c2F)cc(C(=O)NNSC2CCCCC2)c1F. The van der Waals surface area contributed by atoms with Crippen molar-refractivity contribution < 1.29 is 13.6 Å². The first-order valence-corrected chi connectivity index (χ1v) is 10.2. The third kappa shape index (κ3) is 4.81. The highest BCUT2D eigenvalue weighted by Gasteiger charge is 2.19. The van der Waals surface area contributed by atoms with E-state index in [1.54, 1.807) is 19.1 Å². The third-order valence-electron chi connectivity index (χ3n) is 4.70. The Kier molecular flexibility index (Phi) is 6.73. The van der Waals surface area contributed by atoms with E-state index in [-0.39, 0.29) is 21.7 Å². The largest absolute Gasteiger partial charge is 0.277 e. The van der Waals surface area contributed by atoms with Gasteiger partial charge in [0, 0.05) is 10.8 Å². The van der Waals surface area contributed by atoms with E-state index >= 15 is 0 Å². The fourth-order valence-electron chi connectivity index (χ4n) is 3.23. The summed E-state index contributed by atoms with van der Waals surface area (Å²) >= 11 is 7.29. The number of nitrogens with one attached hydrogen (secondary N) is 2. The topological polar surface area (TPSA) is 41.1 Å². The summed E-state index contributed by atoms with van der Waals surface area (Å²) in [5.74, 6) is -1.81. The highest BCUT2D eigenvalue weighted by atomic mass is 35.5. The van der Waals surface area contributed by atoms with Crippen molar-refractivity contribution >= 4 is 29.5 Å². The van der Waals surface area contributed by atoms with E-state index in [0.29, 0.717) is 10.8 Å². The van der Waals surface area contributed by atoms with Gasteiger partial charge in [0.2, 0.25) is 0 Å². The summed E-state index contributed by atoms with van der Waals surface area (Å²) in [5.41, 5.74) is 3.28. The Bertz CT molecular complexity index is 841. The number of hydrogen-bond donors (Lipinski definition) is 2. The molecule has 3 nitrogen and oxygen atoms in total. The van der Waals surface area contributed by atoms with Crippen molar-refractivity contribution in [2.24, 2.45) is 0 Å². The molecule has 27 heavy (non-hydrogen) atoms. The van der Waals surface area contributed by atoms with Crippen molar-refractivity contribution in [1.82, 2.24) is 10.3 Å². The number of rotatable bonds is 5. The highest BCUT2D eigenvalue weighted by molar-refractivity contribution is 7.98. The summed E-state index contributed by atoms with van der Waals surface area (Å²) in [7, 11) is 0. The Hall–Kier alpha value is -1.63. The molecule has 1 amide bonds. The van der Waals surface area contributed by atoms with Crippen LogP contribution in [0.3, 0.4) is 0 Å². The van der Waals surface area contributed by atoms with Crippen LogP contribution in [0.15, 0.2) is 30.3 Å². The second kappa shape index (κ2) is 9.04. The van der Waals surface area contributed by atoms with Crippen molar-refractivity contribution in [3.63, 3.8) is 0 Å². The van der Waals surface area contributed by atoms with Crippen LogP contribution in [0.2, 0.25) is 5.02 Å². The Morgan fingerprint density at radius 2 is 1.89 bits per heavy atom. The van der Waals surface area contributed by atoms with Crippen LogP contribution in [-0.2, 0) is 0 Å². The average Bonchev–Trinajstić information content (AvgIpc) is 2.67. The van der Waals surface area contributed by atoms with Crippen molar-refractivity contribution in [3.8, 4) is 11.1 Å². The molecule has 1 aliphatic rings. The van der Waals surface area contributed by atoms with Gasteiger partial charge in [-0.2, -0.15) is 4.83 Å². The number of benzene rings is 2. The zero-order valence-electron chi connectivity index (χ0n) is 15.0. The number of carbonyl (C=O) groups is 1. The van der Waals surface area contributed by atoms with E-state index in [1.807, 2.05) is 0 Å². The fraction of sp³-hybridized carbons (Fsp3) is 0.350. The molecular weight excluding hydrogens is 390 g/mol. The van der Waals surface area contributed by atoms with E-state index in [0.717, 1.165) is 12.8 Å². The maximum Gasteiger partial charge on any atom is 0.269 e. The van der Waals surface area contributed by atoms with Gasteiger partial charge in [0.05, 0.1) is 10.6 Å². The van der Waals surface area contributed by atoms with Gasteiger partial charge >= 0.3 is 0 Å². The normalized spacial score (nSPS) is 15.0. The molecule has 1 aliphatic carbocycles. The predicted molar refractivity (Wildman–Crippen MR) is 107 cm³/mol. The lowest BCUT2D eigenvalue weighted by atomic mass is 9.99. The summed E-state index contributed by atoms with van der Waals surface area (Å²) in [6.07, 6.45) is 5.83. The smallest absolute Gasteiger partial charge is 0.269 e. The molecule has 0 bridgehead atoms. The first-order chi connectivity index (χ1) is 13.0. The Morgan fingerprint density at radius 1 is 1.15 bits per heavy atom. The van der Waals surface area contributed by atoms with Gasteiger partial charge in [0.15, 0.2) is 0 Å². The molecule has 2 aromatic rings. The van der Waals surface area contributed by atoms with Gasteiger partial charge in [0.1, 0.15) is 11.6 Å². The molecule has 0 saturated heterocycles. The Labute approximate surface area is 167 Å². The lowest BCUT2D eigenvalue weighted by molar-refractivity contribution is 0.0942. The Morgan fingerprint density at radius 3 is 2.63 bits per heavy atom. The monoisotopic (exact) mass is 410 g/mol. The van der Waals surface area contributed by atoms with Crippen LogP contribution in [0, 0.1) is 18.6 Å². The zero-order valence-corrected chi connectivity index (χ0v) is 16.5. The number of aryl methyl sites for hydroxylation is 1. The predicted octanol–water partition coefficient (Wildman–Crippen LogP) is 5.81. The summed E-state index contributed by atoms with van der Waals surface area (Å²) < 4.78 is 28.8. The van der Waals surface area contributed by atoms with Gasteiger partial charge in [-0.05, 0) is 49.1 Å². The summed E-state index contributed by atoms with van der Waals surface area (Å²) in [5, 5.41) is 0.420. The van der Waals surface area contributed by atoms with Crippen LogP contribution in [0.25, 0.3) is 11.1 Å². The molecule has 3 rings (SSSR count). The molecule has 0 heterocycles. The van der Waals surface area contributed by atoms with Crippen LogP contribution >= 0.6 is 23.5 Å². The minimum Gasteiger partial charge on any atom is -0.277 e. The van der Waals surface area contributed by atoms with Gasteiger partial charge in [-0.15, -0.1) is 0 Å². The highest BCUT2D eigenvalue weighted by Crippen LogP contribution is 2.30. The van der Waals surface area contributed by atoms with E-state index in [1.165, 1.54) is 49.4 Å². The molecule has 7 heteroatoms. The molecule has 1 fully saturated rings. The molecule has 2 aromatic carbocycles. The quantitative estimate of drug-likeness (QED) is 0.482. The van der Waals surface area contributed by atoms with E-state index in [4.69, 9.17) is 11.6 Å². The minimum atomic E-state index is -0.622. The van der Waals surface area contributed by atoms with E-state index < -0.39 is 17.5 Å². The summed E-state index contributed by atoms with van der Waals surface area (Å²) in [6, 6.07) is 7.45. The summed E-state index contributed by atoms with van der Waals surface area (Å²) in [4.78, 5) is 15.3. The molecule has 0 aliphatic heterocycles. The van der Waals surface area contributed by atoms with Crippen molar-refractivity contribution in [2.75, 3.05) is 0 Å². The van der Waals surface area contributed by atoms with Crippen LogP contribution in [0.4, 0.5) is 8.78 Å².